The lowest BCUT2D eigenvalue weighted by molar-refractivity contribution is 0.140. The summed E-state index contributed by atoms with van der Waals surface area (Å²) in [5.41, 5.74) is 0. The third-order valence-electron chi connectivity index (χ3n) is 3.36. The summed E-state index contributed by atoms with van der Waals surface area (Å²) < 4.78 is 0. The minimum absolute atomic E-state index is 0. The molecule has 1 fully saturated rings. The van der Waals surface area contributed by atoms with Crippen LogP contribution in [0.3, 0.4) is 0 Å². The van der Waals surface area contributed by atoms with Gasteiger partial charge < -0.3 is 15.5 Å². The highest BCUT2D eigenvalue weighted by Gasteiger charge is 2.14. The molecule has 0 atom stereocenters. The molecule has 0 aromatic rings. The number of piperazine rings is 1. The summed E-state index contributed by atoms with van der Waals surface area (Å²) in [6, 6.07) is 0. The maximum Gasteiger partial charge on any atom is 0.191 e. The van der Waals surface area contributed by atoms with Gasteiger partial charge in [-0.05, 0) is 13.5 Å². The molecule has 5 nitrogen and oxygen atoms in total. The molecule has 0 radical (unpaired) electrons. The fourth-order valence-electron chi connectivity index (χ4n) is 2.14. The van der Waals surface area contributed by atoms with Crippen molar-refractivity contribution in [2.24, 2.45) is 4.99 Å². The zero-order valence-corrected chi connectivity index (χ0v) is 15.2. The minimum atomic E-state index is 0. The normalized spacial score (nSPS) is 17.4. The molecule has 0 bridgehead atoms. The van der Waals surface area contributed by atoms with Gasteiger partial charge in [0.25, 0.3) is 0 Å². The lowest BCUT2D eigenvalue weighted by Gasteiger charge is -2.33. The van der Waals surface area contributed by atoms with Crippen LogP contribution in [0.4, 0.5) is 0 Å². The largest absolute Gasteiger partial charge is 0.357 e. The first-order valence-corrected chi connectivity index (χ1v) is 7.38. The number of nitrogens with one attached hydrogen (secondary N) is 2. The predicted molar refractivity (Wildman–Crippen MR) is 98.1 cm³/mol. The van der Waals surface area contributed by atoms with Gasteiger partial charge in [-0.2, -0.15) is 0 Å². The highest BCUT2D eigenvalue weighted by atomic mass is 127. The Bertz CT molecular complexity index is 275. The van der Waals surface area contributed by atoms with E-state index in [0.717, 1.165) is 32.1 Å². The molecule has 0 aromatic carbocycles. The van der Waals surface area contributed by atoms with E-state index < -0.39 is 0 Å². The lowest BCUT2D eigenvalue weighted by atomic mass is 10.3. The smallest absolute Gasteiger partial charge is 0.191 e. The summed E-state index contributed by atoms with van der Waals surface area (Å²) in [7, 11) is 0. The Morgan fingerprint density at radius 2 is 1.80 bits per heavy atom. The average Bonchev–Trinajstić information content (AvgIpc) is 2.45. The molecule has 0 unspecified atom stereocenters. The van der Waals surface area contributed by atoms with Crippen LogP contribution >= 0.6 is 24.0 Å². The summed E-state index contributed by atoms with van der Waals surface area (Å²) in [5, 5.41) is 6.45. The summed E-state index contributed by atoms with van der Waals surface area (Å²) >= 11 is 0. The van der Waals surface area contributed by atoms with E-state index in [4.69, 9.17) is 0 Å². The summed E-state index contributed by atoms with van der Waals surface area (Å²) in [4.78, 5) is 9.56. The summed E-state index contributed by atoms with van der Waals surface area (Å²) in [6.07, 6.45) is 1.84. The molecule has 0 spiro atoms. The van der Waals surface area contributed by atoms with Crippen LogP contribution in [-0.2, 0) is 0 Å². The van der Waals surface area contributed by atoms with E-state index in [1.54, 1.807) is 0 Å². The van der Waals surface area contributed by atoms with Gasteiger partial charge in [-0.1, -0.05) is 13.0 Å². The van der Waals surface area contributed by atoms with E-state index in [-0.39, 0.29) is 24.0 Å². The van der Waals surface area contributed by atoms with Gasteiger partial charge in [0.1, 0.15) is 0 Å². The number of hydrogen-bond acceptors (Lipinski definition) is 3. The zero-order valence-electron chi connectivity index (χ0n) is 12.9. The van der Waals surface area contributed by atoms with Crippen molar-refractivity contribution in [2.45, 2.75) is 13.8 Å². The molecule has 1 saturated heterocycles. The number of aliphatic imine (C=N–C) groups is 1. The van der Waals surface area contributed by atoms with Crippen molar-refractivity contribution in [3.63, 3.8) is 0 Å². The SMILES string of the molecule is C=CCNC(=NCCN1CCN(CC)CC1)NCC.I. The van der Waals surface area contributed by atoms with Crippen molar-refractivity contribution >= 4 is 29.9 Å². The molecule has 1 aliphatic rings. The van der Waals surface area contributed by atoms with Gasteiger partial charge >= 0.3 is 0 Å². The van der Waals surface area contributed by atoms with Gasteiger partial charge in [0, 0.05) is 45.8 Å². The molecule has 0 aliphatic carbocycles. The molecule has 1 heterocycles. The highest BCUT2D eigenvalue weighted by molar-refractivity contribution is 14.0. The van der Waals surface area contributed by atoms with Gasteiger partial charge in [0.05, 0.1) is 6.54 Å². The molecule has 0 aromatic heterocycles. The zero-order chi connectivity index (χ0) is 13.9. The van der Waals surface area contributed by atoms with Gasteiger partial charge in [-0.25, -0.2) is 0 Å². The number of rotatable bonds is 7. The molecule has 2 N–H and O–H groups in total. The third-order valence-corrected chi connectivity index (χ3v) is 3.36. The van der Waals surface area contributed by atoms with Crippen molar-refractivity contribution in [3.8, 4) is 0 Å². The molecular weight excluding hydrogens is 365 g/mol. The van der Waals surface area contributed by atoms with Gasteiger partial charge in [0.2, 0.25) is 0 Å². The monoisotopic (exact) mass is 395 g/mol. The second-order valence-corrected chi connectivity index (χ2v) is 4.71. The Labute approximate surface area is 140 Å². The van der Waals surface area contributed by atoms with Crippen LogP contribution in [0.15, 0.2) is 17.6 Å². The Morgan fingerprint density at radius 3 is 2.35 bits per heavy atom. The number of guanidine groups is 1. The number of hydrogen-bond donors (Lipinski definition) is 2. The van der Waals surface area contributed by atoms with Crippen molar-refractivity contribution < 1.29 is 0 Å². The quantitative estimate of drug-likeness (QED) is 0.292. The maximum atomic E-state index is 4.58. The van der Waals surface area contributed by atoms with Crippen LogP contribution in [0.2, 0.25) is 0 Å². The first-order chi connectivity index (χ1) is 9.30. The maximum absolute atomic E-state index is 4.58. The fourth-order valence-corrected chi connectivity index (χ4v) is 2.14. The molecule has 0 amide bonds. The van der Waals surface area contributed by atoms with Crippen LogP contribution in [0.1, 0.15) is 13.8 Å². The summed E-state index contributed by atoms with van der Waals surface area (Å²) in [6.45, 7) is 17.4. The van der Waals surface area contributed by atoms with E-state index >= 15 is 0 Å². The van der Waals surface area contributed by atoms with E-state index in [2.05, 4.69) is 45.9 Å². The van der Waals surface area contributed by atoms with Gasteiger partial charge in [-0.15, -0.1) is 30.6 Å². The average molecular weight is 395 g/mol. The Hall–Kier alpha value is -0.340. The van der Waals surface area contributed by atoms with Crippen LogP contribution in [0.25, 0.3) is 0 Å². The van der Waals surface area contributed by atoms with E-state index in [1.807, 2.05) is 6.08 Å². The topological polar surface area (TPSA) is 42.9 Å². The Morgan fingerprint density at radius 1 is 1.15 bits per heavy atom. The van der Waals surface area contributed by atoms with Crippen molar-refractivity contribution in [3.05, 3.63) is 12.7 Å². The molecule has 6 heteroatoms. The van der Waals surface area contributed by atoms with Crippen LogP contribution in [0, 0.1) is 0 Å². The van der Waals surface area contributed by atoms with Crippen molar-refractivity contribution in [1.82, 2.24) is 20.4 Å². The van der Waals surface area contributed by atoms with Crippen molar-refractivity contribution in [2.75, 3.05) is 58.9 Å². The molecular formula is C14H30IN5. The first kappa shape index (κ1) is 19.7. The van der Waals surface area contributed by atoms with Gasteiger partial charge in [0.15, 0.2) is 5.96 Å². The number of likely N-dealkylation sites (N-methyl/N-ethyl adjacent to an activating group) is 1. The van der Waals surface area contributed by atoms with E-state index in [9.17, 15) is 0 Å². The van der Waals surface area contributed by atoms with Gasteiger partial charge in [-0.3, -0.25) is 9.89 Å². The number of nitrogens with zero attached hydrogens (tertiary/aromatic N) is 3. The Kier molecular flexibility index (Phi) is 12.2. The molecule has 1 rings (SSSR count). The van der Waals surface area contributed by atoms with E-state index in [0.29, 0.717) is 0 Å². The predicted octanol–water partition coefficient (Wildman–Crippen LogP) is 0.983. The minimum Gasteiger partial charge on any atom is -0.357 e. The lowest BCUT2D eigenvalue weighted by Crippen LogP contribution is -2.47. The molecule has 1 aliphatic heterocycles. The third kappa shape index (κ3) is 8.06. The molecule has 20 heavy (non-hydrogen) atoms. The van der Waals surface area contributed by atoms with Crippen molar-refractivity contribution in [1.29, 1.82) is 0 Å². The highest BCUT2D eigenvalue weighted by Crippen LogP contribution is 2.00. The first-order valence-electron chi connectivity index (χ1n) is 7.38. The van der Waals surface area contributed by atoms with E-state index in [1.165, 1.54) is 32.7 Å². The Balaban J connectivity index is 0.00000361. The second kappa shape index (κ2) is 12.4. The van der Waals surface area contributed by atoms with Crippen LogP contribution in [-0.4, -0.2) is 74.7 Å². The standard InChI is InChI=1S/C14H29N5.HI/c1-4-7-16-14(15-5-2)17-8-9-19-12-10-18(6-3)11-13-19;/h4H,1,5-13H2,2-3H3,(H2,15,16,17);1H. The molecule has 118 valence electrons. The van der Waals surface area contributed by atoms with Crippen LogP contribution < -0.4 is 10.6 Å². The second-order valence-electron chi connectivity index (χ2n) is 4.71. The fraction of sp³-hybridized carbons (Fsp3) is 0.786. The number of halogens is 1. The summed E-state index contributed by atoms with van der Waals surface area (Å²) in [5.74, 6) is 0.884. The van der Waals surface area contributed by atoms with Crippen LogP contribution in [0.5, 0.6) is 0 Å². The molecule has 0 saturated carbocycles.